The third kappa shape index (κ3) is 13.3. The monoisotopic (exact) mass is 770 g/mol. The first-order valence-electron chi connectivity index (χ1n) is 18.6. The summed E-state index contributed by atoms with van der Waals surface area (Å²) < 4.78 is 45.6. The molecular weight excluding hydrogens is 716 g/mol. The Morgan fingerprint density at radius 2 is 1.65 bits per heavy atom. The van der Waals surface area contributed by atoms with E-state index in [0.717, 1.165) is 60.1 Å². The minimum absolute atomic E-state index is 0.0373. The molecule has 1 saturated heterocycles. The molecule has 1 atom stereocenters. The number of benzene rings is 3. The molecule has 2 N–H and O–H groups in total. The Kier molecular flexibility index (Phi) is 17.2. The first-order chi connectivity index (χ1) is 26.9. The normalized spacial score (nSPS) is 15.4. The Hall–Kier alpha value is -4.55. The SMILES string of the molecule is COCCCN1CCOc2ccc(OC[C@H]3CN(C(=O)OCCOCCON(O)O)CCN3c3ccc(OCCCOCc4ccccc4OC)cc3)cc21. The molecule has 16 nitrogen and oxygen atoms in total. The second-order valence-electron chi connectivity index (χ2n) is 12.8. The molecule has 0 bridgehead atoms. The molecule has 5 rings (SSSR count). The van der Waals surface area contributed by atoms with E-state index in [9.17, 15) is 4.79 Å². The molecular formula is C39H54N4O12. The average molecular weight is 771 g/mol. The molecule has 0 saturated carbocycles. The van der Waals surface area contributed by atoms with Crippen LogP contribution in [0.4, 0.5) is 16.2 Å². The highest BCUT2D eigenvalue weighted by atomic mass is 17.1. The predicted molar refractivity (Wildman–Crippen MR) is 202 cm³/mol. The first-order valence-corrected chi connectivity index (χ1v) is 18.6. The Labute approximate surface area is 322 Å². The number of hydrogen-bond acceptors (Lipinski definition) is 15. The van der Waals surface area contributed by atoms with E-state index in [1.165, 1.54) is 0 Å². The van der Waals surface area contributed by atoms with E-state index in [4.69, 9.17) is 48.3 Å². The Bertz CT molecular complexity index is 1570. The van der Waals surface area contributed by atoms with Crippen molar-refractivity contribution in [2.45, 2.75) is 25.5 Å². The van der Waals surface area contributed by atoms with Crippen molar-refractivity contribution in [3.8, 4) is 23.0 Å². The number of nitrogens with zero attached hydrogens (tertiary/aromatic N) is 4. The summed E-state index contributed by atoms with van der Waals surface area (Å²) in [6.07, 6.45) is 1.19. The number of piperazine rings is 1. The Morgan fingerprint density at radius 3 is 2.47 bits per heavy atom. The van der Waals surface area contributed by atoms with Crippen molar-refractivity contribution >= 4 is 17.5 Å². The van der Waals surface area contributed by atoms with Gasteiger partial charge in [0, 0.05) is 63.6 Å². The second-order valence-corrected chi connectivity index (χ2v) is 12.8. The van der Waals surface area contributed by atoms with Crippen LogP contribution < -0.4 is 28.7 Å². The second kappa shape index (κ2) is 22.7. The molecule has 2 aliphatic rings. The number of ether oxygens (including phenoxy) is 8. The van der Waals surface area contributed by atoms with Gasteiger partial charge in [0.2, 0.25) is 0 Å². The smallest absolute Gasteiger partial charge is 0.409 e. The lowest BCUT2D eigenvalue weighted by Crippen LogP contribution is -2.57. The molecule has 3 aromatic rings. The Morgan fingerprint density at radius 1 is 0.836 bits per heavy atom. The van der Waals surface area contributed by atoms with Gasteiger partial charge in [-0.15, -0.1) is 0 Å². The predicted octanol–water partition coefficient (Wildman–Crippen LogP) is 4.65. The highest BCUT2D eigenvalue weighted by Crippen LogP contribution is 2.35. The quantitative estimate of drug-likeness (QED) is 0.102. The average Bonchev–Trinajstić information content (AvgIpc) is 3.21. The van der Waals surface area contributed by atoms with Gasteiger partial charge >= 0.3 is 6.09 Å². The summed E-state index contributed by atoms with van der Waals surface area (Å²) in [6, 6.07) is 21.5. The highest BCUT2D eigenvalue weighted by Gasteiger charge is 2.31. The van der Waals surface area contributed by atoms with Gasteiger partial charge < -0.3 is 52.6 Å². The lowest BCUT2D eigenvalue weighted by atomic mass is 10.1. The van der Waals surface area contributed by atoms with Gasteiger partial charge in [0.25, 0.3) is 0 Å². The Balaban J connectivity index is 1.16. The maximum Gasteiger partial charge on any atom is 0.409 e. The van der Waals surface area contributed by atoms with E-state index >= 15 is 0 Å². The number of anilines is 2. The summed E-state index contributed by atoms with van der Waals surface area (Å²) in [5, 5.41) is 16.8. The van der Waals surface area contributed by atoms with Crippen LogP contribution in [0.2, 0.25) is 0 Å². The maximum atomic E-state index is 13.1. The fourth-order valence-electron chi connectivity index (χ4n) is 6.32. The van der Waals surface area contributed by atoms with Crippen molar-refractivity contribution in [2.75, 3.05) is 116 Å². The summed E-state index contributed by atoms with van der Waals surface area (Å²) in [7, 11) is 3.36. The van der Waals surface area contributed by atoms with Crippen LogP contribution in [0.25, 0.3) is 0 Å². The minimum atomic E-state index is -0.449. The lowest BCUT2D eigenvalue weighted by Gasteiger charge is -2.42. The summed E-state index contributed by atoms with van der Waals surface area (Å²) in [5.74, 6) is 3.11. The van der Waals surface area contributed by atoms with Gasteiger partial charge in [0.05, 0.1) is 70.4 Å². The number of carbonyl (C=O) groups is 1. The van der Waals surface area contributed by atoms with Gasteiger partial charge in [-0.2, -0.15) is 0 Å². The highest BCUT2D eigenvalue weighted by molar-refractivity contribution is 5.68. The molecule has 1 fully saturated rings. The summed E-state index contributed by atoms with van der Waals surface area (Å²) in [5.41, 5.74) is 2.98. The van der Waals surface area contributed by atoms with E-state index < -0.39 is 6.09 Å². The molecule has 1 amide bonds. The van der Waals surface area contributed by atoms with Gasteiger partial charge in [-0.05, 0) is 48.9 Å². The molecule has 0 aromatic heterocycles. The van der Waals surface area contributed by atoms with E-state index in [2.05, 4.69) is 14.6 Å². The van der Waals surface area contributed by atoms with E-state index in [-0.39, 0.29) is 37.9 Å². The van der Waals surface area contributed by atoms with Gasteiger partial charge in [-0.25, -0.2) is 9.63 Å². The van der Waals surface area contributed by atoms with Crippen molar-refractivity contribution < 1.29 is 57.9 Å². The molecule has 55 heavy (non-hydrogen) atoms. The molecule has 2 aliphatic heterocycles. The van der Waals surface area contributed by atoms with Crippen molar-refractivity contribution in [1.29, 1.82) is 0 Å². The third-order valence-electron chi connectivity index (χ3n) is 9.06. The van der Waals surface area contributed by atoms with Crippen LogP contribution in [-0.2, 0) is 30.4 Å². The zero-order chi connectivity index (χ0) is 38.7. The van der Waals surface area contributed by atoms with E-state index in [1.807, 2.05) is 66.7 Å². The van der Waals surface area contributed by atoms with Crippen LogP contribution in [0.3, 0.4) is 0 Å². The minimum Gasteiger partial charge on any atom is -0.496 e. The number of para-hydroxylation sites is 1. The number of carbonyl (C=O) groups excluding carboxylic acids is 1. The molecule has 0 radical (unpaired) electrons. The molecule has 0 aliphatic carbocycles. The van der Waals surface area contributed by atoms with Crippen LogP contribution >= 0.6 is 0 Å². The van der Waals surface area contributed by atoms with Gasteiger partial charge in [-0.1, -0.05) is 18.2 Å². The topological polar surface area (TPSA) is 154 Å². The first kappa shape index (κ1) is 41.6. The van der Waals surface area contributed by atoms with Crippen LogP contribution in [0.5, 0.6) is 23.0 Å². The standard InChI is InChI=1S/C39H54N4O12/c1-47-19-5-15-40-18-22-52-38-14-13-35(27-36(38)40)54-30-33-28-41(39(44)53-25-23-49-24-26-55-43(45)46)16-17-42(33)32-9-11-34(12-10-32)51-21-6-20-50-29-31-7-3-4-8-37(31)48-2/h3-4,7-14,27,33,45-46H,5-6,15-26,28-30H2,1-2H3/t33-/m1/s1. The number of hydrogen-bond donors (Lipinski definition) is 2. The summed E-state index contributed by atoms with van der Waals surface area (Å²) in [6.45, 7) is 6.39. The van der Waals surface area contributed by atoms with Crippen molar-refractivity contribution in [3.63, 3.8) is 0 Å². The molecule has 3 aromatic carbocycles. The third-order valence-corrected chi connectivity index (χ3v) is 9.06. The lowest BCUT2D eigenvalue weighted by molar-refractivity contribution is -0.493. The molecule has 0 spiro atoms. The van der Waals surface area contributed by atoms with Crippen LogP contribution in [0.15, 0.2) is 66.7 Å². The zero-order valence-corrected chi connectivity index (χ0v) is 31.7. The van der Waals surface area contributed by atoms with Crippen molar-refractivity contribution in [3.05, 3.63) is 72.3 Å². The van der Waals surface area contributed by atoms with Crippen molar-refractivity contribution in [1.82, 2.24) is 10.3 Å². The van der Waals surface area contributed by atoms with E-state index in [1.54, 1.807) is 19.1 Å². The summed E-state index contributed by atoms with van der Waals surface area (Å²) in [4.78, 5) is 23.7. The molecule has 0 unspecified atom stereocenters. The van der Waals surface area contributed by atoms with Gasteiger partial charge in [-0.3, -0.25) is 10.4 Å². The number of amides is 1. The van der Waals surface area contributed by atoms with Crippen LogP contribution in [0.1, 0.15) is 18.4 Å². The zero-order valence-electron chi connectivity index (χ0n) is 31.7. The maximum absolute atomic E-state index is 13.1. The number of fused-ring (bicyclic) bond motifs is 1. The molecule has 2 heterocycles. The molecule has 16 heteroatoms. The van der Waals surface area contributed by atoms with Crippen molar-refractivity contribution in [2.24, 2.45) is 0 Å². The summed E-state index contributed by atoms with van der Waals surface area (Å²) >= 11 is 0. The fourth-order valence-corrected chi connectivity index (χ4v) is 6.32. The molecule has 302 valence electrons. The van der Waals surface area contributed by atoms with Gasteiger partial charge in [0.15, 0.2) is 0 Å². The van der Waals surface area contributed by atoms with Crippen LogP contribution in [-0.4, -0.2) is 139 Å². The fraction of sp³-hybridized carbons (Fsp3) is 0.513. The van der Waals surface area contributed by atoms with E-state index in [0.29, 0.717) is 65.0 Å². The number of rotatable bonds is 23. The number of methoxy groups -OCH3 is 2. The van der Waals surface area contributed by atoms with Gasteiger partial charge in [0.1, 0.15) is 42.8 Å². The largest absolute Gasteiger partial charge is 0.496 e. The van der Waals surface area contributed by atoms with Crippen LogP contribution in [0, 0.1) is 0 Å².